The summed E-state index contributed by atoms with van der Waals surface area (Å²) in [7, 11) is -3.88. The van der Waals surface area contributed by atoms with Crippen LogP contribution in [0.25, 0.3) is 0 Å². The topological polar surface area (TPSA) is 105 Å². The van der Waals surface area contributed by atoms with Crippen molar-refractivity contribution in [3.05, 3.63) is 53.6 Å². The number of carbonyl (C=O) groups is 1. The molecule has 1 heterocycles. The molecular formula is C18H17F3N2O5S. The number of benzene rings is 2. The number of hydrogen-bond acceptors (Lipinski definition) is 6. The first kappa shape index (κ1) is 20.9. The molecule has 0 aromatic heterocycles. The lowest BCUT2D eigenvalue weighted by molar-refractivity contribution is -0.274. The highest BCUT2D eigenvalue weighted by Gasteiger charge is 2.32. The lowest BCUT2D eigenvalue weighted by Crippen LogP contribution is -2.30. The summed E-state index contributed by atoms with van der Waals surface area (Å²) < 4.78 is 66.3. The second kappa shape index (κ2) is 7.91. The summed E-state index contributed by atoms with van der Waals surface area (Å²) in [6.07, 6.45) is -4.58. The molecule has 0 radical (unpaired) electrons. The first-order valence-corrected chi connectivity index (χ1v) is 10.1. The molecule has 0 bridgehead atoms. The minimum atomic E-state index is -4.92. The molecular weight excluding hydrogens is 413 g/mol. The molecule has 0 saturated carbocycles. The third-order valence-corrected chi connectivity index (χ3v) is 6.29. The molecule has 1 aliphatic rings. The summed E-state index contributed by atoms with van der Waals surface area (Å²) in [6, 6.07) is 8.98. The summed E-state index contributed by atoms with van der Waals surface area (Å²) >= 11 is 0. The molecule has 2 aromatic rings. The van der Waals surface area contributed by atoms with Crippen LogP contribution in [0, 0.1) is 5.92 Å². The molecule has 156 valence electrons. The summed E-state index contributed by atoms with van der Waals surface area (Å²) in [5.74, 6) is -1.97. The van der Waals surface area contributed by atoms with Crippen molar-refractivity contribution in [3.63, 3.8) is 0 Å². The number of ether oxygens (including phenoxy) is 1. The number of halogens is 3. The zero-order chi connectivity index (χ0) is 21.2. The highest BCUT2D eigenvalue weighted by Crippen LogP contribution is 2.29. The van der Waals surface area contributed by atoms with E-state index in [1.54, 1.807) is 12.1 Å². The number of carbonyl (C=O) groups excluding carboxylic acids is 1. The third kappa shape index (κ3) is 5.18. The average molecular weight is 430 g/mol. The van der Waals surface area contributed by atoms with Gasteiger partial charge in [0.2, 0.25) is 0 Å². The molecule has 1 amide bonds. The molecule has 3 rings (SSSR count). The molecule has 11 heteroatoms. The highest BCUT2D eigenvalue weighted by atomic mass is 32.2. The number of amides is 1. The fourth-order valence-electron chi connectivity index (χ4n) is 3.17. The molecule has 7 nitrogen and oxygen atoms in total. The Bertz CT molecular complexity index is 1020. The molecule has 1 aliphatic heterocycles. The standard InChI is InChI=1S/C18H17F3N2O5S/c19-18(20,21)28-14-2-1-3-15(8-14)29(26,27)10-11-6-13-7-12(17(24)23-25)4-5-16(13)22-9-11/h1-5,7-8,11,22,25H,6,9-10H2,(H,23,24). The molecule has 3 N–H and O–H groups in total. The number of hydroxylamine groups is 1. The largest absolute Gasteiger partial charge is 0.573 e. The van der Waals surface area contributed by atoms with Crippen LogP contribution >= 0.6 is 0 Å². The normalized spacial score (nSPS) is 16.5. The van der Waals surface area contributed by atoms with Gasteiger partial charge < -0.3 is 10.1 Å². The quantitative estimate of drug-likeness (QED) is 0.498. The molecule has 1 atom stereocenters. The van der Waals surface area contributed by atoms with Gasteiger partial charge in [-0.1, -0.05) is 6.07 Å². The summed E-state index contributed by atoms with van der Waals surface area (Å²) in [5, 5.41) is 11.8. The number of anilines is 1. The Kier molecular flexibility index (Phi) is 5.71. The Morgan fingerprint density at radius 1 is 1.24 bits per heavy atom. The predicted octanol–water partition coefficient (Wildman–Crippen LogP) is 2.76. The maximum absolute atomic E-state index is 12.7. The molecule has 0 saturated heterocycles. The predicted molar refractivity (Wildman–Crippen MR) is 96.6 cm³/mol. The van der Waals surface area contributed by atoms with Gasteiger partial charge in [-0.05, 0) is 54.3 Å². The van der Waals surface area contributed by atoms with Gasteiger partial charge in [-0.15, -0.1) is 13.2 Å². The molecule has 29 heavy (non-hydrogen) atoms. The van der Waals surface area contributed by atoms with Crippen molar-refractivity contribution in [3.8, 4) is 5.75 Å². The van der Waals surface area contributed by atoms with Crippen LogP contribution in [0.2, 0.25) is 0 Å². The van der Waals surface area contributed by atoms with Crippen molar-refractivity contribution < 1.29 is 36.3 Å². The number of sulfone groups is 1. The van der Waals surface area contributed by atoms with Crippen LogP contribution in [-0.2, 0) is 16.3 Å². The van der Waals surface area contributed by atoms with E-state index >= 15 is 0 Å². The van der Waals surface area contributed by atoms with Crippen LogP contribution in [0.3, 0.4) is 0 Å². The van der Waals surface area contributed by atoms with E-state index in [0.717, 1.165) is 17.8 Å². The third-order valence-electron chi connectivity index (χ3n) is 4.41. The Morgan fingerprint density at radius 3 is 2.69 bits per heavy atom. The van der Waals surface area contributed by atoms with Crippen LogP contribution in [0.5, 0.6) is 5.75 Å². The smallest absolute Gasteiger partial charge is 0.406 e. The summed E-state index contributed by atoms with van der Waals surface area (Å²) in [4.78, 5) is 11.3. The number of alkyl halides is 3. The first-order valence-electron chi connectivity index (χ1n) is 8.47. The molecule has 0 fully saturated rings. The maximum Gasteiger partial charge on any atom is 0.573 e. The minimum Gasteiger partial charge on any atom is -0.406 e. The van der Waals surface area contributed by atoms with Crippen LogP contribution in [0.15, 0.2) is 47.4 Å². The van der Waals surface area contributed by atoms with Gasteiger partial charge in [0.1, 0.15) is 5.75 Å². The number of hydrogen-bond donors (Lipinski definition) is 3. The van der Waals surface area contributed by atoms with Gasteiger partial charge in [0, 0.05) is 17.8 Å². The first-order chi connectivity index (χ1) is 13.6. The Morgan fingerprint density at radius 2 is 2.00 bits per heavy atom. The van der Waals surface area contributed by atoms with Crippen molar-refractivity contribution >= 4 is 21.4 Å². The van der Waals surface area contributed by atoms with E-state index in [4.69, 9.17) is 5.21 Å². The Labute approximate surface area is 164 Å². The van der Waals surface area contributed by atoms with Crippen LogP contribution < -0.4 is 15.5 Å². The second-order valence-corrected chi connectivity index (χ2v) is 8.60. The number of fused-ring (bicyclic) bond motifs is 1. The van der Waals surface area contributed by atoms with E-state index in [1.165, 1.54) is 23.7 Å². The lowest BCUT2D eigenvalue weighted by atomic mass is 9.94. The van der Waals surface area contributed by atoms with Crippen LogP contribution in [0.4, 0.5) is 18.9 Å². The van der Waals surface area contributed by atoms with Crippen LogP contribution in [0.1, 0.15) is 15.9 Å². The fourth-order valence-corrected chi connectivity index (χ4v) is 4.80. The monoisotopic (exact) mass is 430 g/mol. The van der Waals surface area contributed by atoms with Gasteiger partial charge in [-0.3, -0.25) is 10.0 Å². The minimum absolute atomic E-state index is 0.216. The van der Waals surface area contributed by atoms with Gasteiger partial charge in [-0.25, -0.2) is 13.9 Å². The van der Waals surface area contributed by atoms with Crippen molar-refractivity contribution in [1.82, 2.24) is 5.48 Å². The van der Waals surface area contributed by atoms with Crippen LogP contribution in [-0.4, -0.2) is 38.2 Å². The molecule has 2 aromatic carbocycles. The van der Waals surface area contributed by atoms with Gasteiger partial charge in [0.15, 0.2) is 9.84 Å². The summed E-state index contributed by atoms with van der Waals surface area (Å²) in [6.45, 7) is 0.344. The van der Waals surface area contributed by atoms with Gasteiger partial charge in [-0.2, -0.15) is 0 Å². The van der Waals surface area contributed by atoms with E-state index in [-0.39, 0.29) is 22.1 Å². The van der Waals surface area contributed by atoms with Gasteiger partial charge >= 0.3 is 6.36 Å². The van der Waals surface area contributed by atoms with E-state index in [1.807, 2.05) is 0 Å². The number of nitrogens with one attached hydrogen (secondary N) is 2. The van der Waals surface area contributed by atoms with Gasteiger partial charge in [0.05, 0.1) is 10.6 Å². The molecule has 1 unspecified atom stereocenters. The van der Waals surface area contributed by atoms with E-state index in [9.17, 15) is 26.4 Å². The van der Waals surface area contributed by atoms with Crippen molar-refractivity contribution in [2.45, 2.75) is 17.7 Å². The van der Waals surface area contributed by atoms with Gasteiger partial charge in [0.25, 0.3) is 5.91 Å². The molecule has 0 spiro atoms. The average Bonchev–Trinajstić information content (AvgIpc) is 2.65. The zero-order valence-corrected chi connectivity index (χ0v) is 15.7. The SMILES string of the molecule is O=C(NO)c1ccc2c(c1)CC(CS(=O)(=O)c1cccc(OC(F)(F)F)c1)CN2. The fraction of sp³-hybridized carbons (Fsp3) is 0.278. The maximum atomic E-state index is 12.7. The van der Waals surface area contributed by atoms with Crippen molar-refractivity contribution in [2.24, 2.45) is 5.92 Å². The summed E-state index contributed by atoms with van der Waals surface area (Å²) in [5.41, 5.74) is 3.19. The molecule has 0 aliphatic carbocycles. The lowest BCUT2D eigenvalue weighted by Gasteiger charge is -2.26. The van der Waals surface area contributed by atoms with Crippen molar-refractivity contribution in [1.29, 1.82) is 0 Å². The Hall–Kier alpha value is -2.79. The zero-order valence-electron chi connectivity index (χ0n) is 14.9. The van der Waals surface area contributed by atoms with E-state index in [2.05, 4.69) is 10.1 Å². The van der Waals surface area contributed by atoms with Crippen molar-refractivity contribution in [2.75, 3.05) is 17.6 Å². The van der Waals surface area contributed by atoms with E-state index in [0.29, 0.717) is 18.5 Å². The second-order valence-electron chi connectivity index (χ2n) is 6.57. The number of rotatable bonds is 5. The highest BCUT2D eigenvalue weighted by molar-refractivity contribution is 7.91. The Balaban J connectivity index is 1.77. The van der Waals surface area contributed by atoms with E-state index < -0.39 is 27.9 Å².